The van der Waals surface area contributed by atoms with Crippen LogP contribution in [0.15, 0.2) is 41.4 Å². The van der Waals surface area contributed by atoms with E-state index in [-0.39, 0.29) is 11.3 Å². The number of ether oxygens (including phenoxy) is 1. The highest BCUT2D eigenvalue weighted by atomic mass is 32.2. The molecule has 0 amide bonds. The molecule has 0 N–H and O–H groups in total. The number of halogens is 3. The molecule has 0 aliphatic carbocycles. The van der Waals surface area contributed by atoms with Crippen LogP contribution in [0, 0.1) is 0 Å². The van der Waals surface area contributed by atoms with Gasteiger partial charge in [-0.15, -0.1) is 11.8 Å². The topological polar surface area (TPSA) is 39.4 Å². The van der Waals surface area contributed by atoms with E-state index >= 15 is 0 Å². The van der Waals surface area contributed by atoms with Gasteiger partial charge in [0.2, 0.25) is 0 Å². The lowest BCUT2D eigenvalue weighted by atomic mass is 10.1. The van der Waals surface area contributed by atoms with E-state index in [1.54, 1.807) is 30.3 Å². The van der Waals surface area contributed by atoms with Gasteiger partial charge in [0.25, 0.3) is 0 Å². The quantitative estimate of drug-likeness (QED) is 0.428. The molecule has 0 saturated carbocycles. The summed E-state index contributed by atoms with van der Waals surface area (Å²) in [6.07, 6.45) is -2.52. The molecule has 8 heteroatoms. The maximum Gasteiger partial charge on any atom is 0.433 e. The van der Waals surface area contributed by atoms with E-state index in [4.69, 9.17) is 4.74 Å². The fourth-order valence-electron chi connectivity index (χ4n) is 2.46. The van der Waals surface area contributed by atoms with Crippen LogP contribution in [-0.4, -0.2) is 27.5 Å². The van der Waals surface area contributed by atoms with Crippen LogP contribution in [0.4, 0.5) is 13.2 Å². The predicted molar refractivity (Wildman–Crippen MR) is 95.6 cm³/mol. The zero-order valence-electron chi connectivity index (χ0n) is 14.4. The Labute approximate surface area is 153 Å². The van der Waals surface area contributed by atoms with Crippen molar-refractivity contribution in [2.45, 2.75) is 31.0 Å². The Bertz CT molecular complexity index is 891. The van der Waals surface area contributed by atoms with Gasteiger partial charge in [-0.2, -0.15) is 18.3 Å². The highest BCUT2D eigenvalue weighted by molar-refractivity contribution is 7.99. The SMILES string of the molecule is CCCCSc1cc2nc(-c3ccc(OC)cc3)cc(C(F)(F)F)n2n1. The summed E-state index contributed by atoms with van der Waals surface area (Å²) >= 11 is 1.44. The Kier molecular flexibility index (Phi) is 5.41. The molecule has 0 atom stereocenters. The molecule has 0 aliphatic heterocycles. The summed E-state index contributed by atoms with van der Waals surface area (Å²) in [5.74, 6) is 1.44. The summed E-state index contributed by atoms with van der Waals surface area (Å²) in [7, 11) is 1.53. The fourth-order valence-corrected chi connectivity index (χ4v) is 3.43. The van der Waals surface area contributed by atoms with Gasteiger partial charge in [-0.05, 0) is 42.5 Å². The van der Waals surface area contributed by atoms with Crippen LogP contribution in [0.5, 0.6) is 5.75 Å². The molecule has 3 aromatic rings. The van der Waals surface area contributed by atoms with Crippen LogP contribution in [0.25, 0.3) is 16.9 Å². The van der Waals surface area contributed by atoms with Gasteiger partial charge in [0.05, 0.1) is 12.8 Å². The highest BCUT2D eigenvalue weighted by Crippen LogP contribution is 2.33. The zero-order chi connectivity index (χ0) is 18.7. The lowest BCUT2D eigenvalue weighted by Gasteiger charge is -2.11. The van der Waals surface area contributed by atoms with Gasteiger partial charge in [-0.25, -0.2) is 9.50 Å². The molecule has 0 fully saturated rings. The number of thioether (sulfide) groups is 1. The second kappa shape index (κ2) is 7.57. The number of hydrogen-bond donors (Lipinski definition) is 0. The van der Waals surface area contributed by atoms with E-state index in [1.807, 2.05) is 0 Å². The summed E-state index contributed by atoms with van der Waals surface area (Å²) in [5.41, 5.74) is 0.179. The summed E-state index contributed by atoms with van der Waals surface area (Å²) in [6, 6.07) is 9.38. The van der Waals surface area contributed by atoms with E-state index in [9.17, 15) is 13.2 Å². The van der Waals surface area contributed by atoms with Crippen LogP contribution < -0.4 is 4.74 Å². The molecule has 1 aromatic carbocycles. The Hall–Kier alpha value is -2.22. The number of alkyl halides is 3. The van der Waals surface area contributed by atoms with Crippen LogP contribution in [0.2, 0.25) is 0 Å². The second-order valence-electron chi connectivity index (χ2n) is 5.71. The summed E-state index contributed by atoms with van der Waals surface area (Å²) < 4.78 is 46.6. The number of unbranched alkanes of at least 4 members (excludes halogenated alkanes) is 1. The molecule has 3 rings (SSSR count). The number of methoxy groups -OCH3 is 1. The molecule has 2 heterocycles. The van der Waals surface area contributed by atoms with Gasteiger partial charge in [-0.3, -0.25) is 0 Å². The third-order valence-corrected chi connectivity index (χ3v) is 4.82. The van der Waals surface area contributed by atoms with Crippen LogP contribution >= 0.6 is 11.8 Å². The Morgan fingerprint density at radius 3 is 2.50 bits per heavy atom. The van der Waals surface area contributed by atoms with E-state index in [1.165, 1.54) is 18.9 Å². The maximum absolute atomic E-state index is 13.5. The lowest BCUT2D eigenvalue weighted by molar-refractivity contribution is -0.142. The summed E-state index contributed by atoms with van der Waals surface area (Å²) in [5, 5.41) is 4.63. The number of rotatable bonds is 6. The monoisotopic (exact) mass is 381 g/mol. The van der Waals surface area contributed by atoms with Crippen LogP contribution in [0.3, 0.4) is 0 Å². The van der Waals surface area contributed by atoms with Crippen LogP contribution in [-0.2, 0) is 6.18 Å². The van der Waals surface area contributed by atoms with Crippen molar-refractivity contribution in [2.75, 3.05) is 12.9 Å². The first-order valence-corrected chi connectivity index (χ1v) is 9.16. The normalized spacial score (nSPS) is 11.9. The maximum atomic E-state index is 13.5. The van der Waals surface area contributed by atoms with E-state index < -0.39 is 11.9 Å². The van der Waals surface area contributed by atoms with Crippen LogP contribution in [0.1, 0.15) is 25.5 Å². The minimum absolute atomic E-state index is 0.185. The van der Waals surface area contributed by atoms with Gasteiger partial charge in [0.1, 0.15) is 10.8 Å². The van der Waals surface area contributed by atoms with Gasteiger partial charge in [-0.1, -0.05) is 13.3 Å². The molecule has 138 valence electrons. The smallest absolute Gasteiger partial charge is 0.433 e. The Morgan fingerprint density at radius 1 is 1.15 bits per heavy atom. The first kappa shape index (κ1) is 18.6. The van der Waals surface area contributed by atoms with Crippen molar-refractivity contribution < 1.29 is 17.9 Å². The highest BCUT2D eigenvalue weighted by Gasteiger charge is 2.35. The minimum atomic E-state index is -4.53. The lowest BCUT2D eigenvalue weighted by Crippen LogP contribution is -2.13. The van der Waals surface area contributed by atoms with Crippen molar-refractivity contribution in [1.82, 2.24) is 14.6 Å². The minimum Gasteiger partial charge on any atom is -0.497 e. The van der Waals surface area contributed by atoms with Crippen molar-refractivity contribution in [1.29, 1.82) is 0 Å². The number of benzene rings is 1. The number of aromatic nitrogens is 3. The standard InChI is InChI=1S/C18H18F3N3OS/c1-3-4-9-26-17-11-16-22-14(12-5-7-13(25-2)8-6-12)10-15(18(19,20)21)24(16)23-17/h5-8,10-11H,3-4,9H2,1-2H3. The molecule has 2 aromatic heterocycles. The zero-order valence-corrected chi connectivity index (χ0v) is 15.2. The third kappa shape index (κ3) is 3.95. The summed E-state index contributed by atoms with van der Waals surface area (Å²) in [4.78, 5) is 4.37. The Balaban J connectivity index is 2.06. The van der Waals surface area contributed by atoms with Gasteiger partial charge in [0, 0.05) is 11.6 Å². The third-order valence-electron chi connectivity index (χ3n) is 3.83. The molecule has 0 bridgehead atoms. The van der Waals surface area contributed by atoms with E-state index in [2.05, 4.69) is 17.0 Å². The summed E-state index contributed by atoms with van der Waals surface area (Å²) in [6.45, 7) is 2.06. The molecular formula is C18H18F3N3OS. The predicted octanol–water partition coefficient (Wildman–Crippen LogP) is 5.32. The van der Waals surface area contributed by atoms with Gasteiger partial charge >= 0.3 is 6.18 Å². The molecule has 0 radical (unpaired) electrons. The molecule has 0 spiro atoms. The average molecular weight is 381 g/mol. The van der Waals surface area contributed by atoms with Gasteiger partial charge < -0.3 is 4.74 Å². The number of nitrogens with zero attached hydrogens (tertiary/aromatic N) is 3. The van der Waals surface area contributed by atoms with Crippen molar-refractivity contribution in [2.24, 2.45) is 0 Å². The molecule has 26 heavy (non-hydrogen) atoms. The largest absolute Gasteiger partial charge is 0.497 e. The Morgan fingerprint density at radius 2 is 1.88 bits per heavy atom. The number of hydrogen-bond acceptors (Lipinski definition) is 4. The molecule has 0 saturated heterocycles. The molecule has 0 unspecified atom stereocenters. The first-order valence-electron chi connectivity index (χ1n) is 8.17. The van der Waals surface area contributed by atoms with Crippen molar-refractivity contribution in [3.05, 3.63) is 42.1 Å². The molecule has 0 aliphatic rings. The van der Waals surface area contributed by atoms with Crippen molar-refractivity contribution >= 4 is 17.4 Å². The van der Waals surface area contributed by atoms with Gasteiger partial charge in [0.15, 0.2) is 11.3 Å². The fraction of sp³-hybridized carbons (Fsp3) is 0.333. The number of fused-ring (bicyclic) bond motifs is 1. The first-order chi connectivity index (χ1) is 12.4. The van der Waals surface area contributed by atoms with Crippen molar-refractivity contribution in [3.63, 3.8) is 0 Å². The average Bonchev–Trinajstić information content (AvgIpc) is 3.03. The second-order valence-corrected chi connectivity index (χ2v) is 6.82. The van der Waals surface area contributed by atoms with E-state index in [0.717, 1.165) is 29.2 Å². The molecule has 4 nitrogen and oxygen atoms in total. The van der Waals surface area contributed by atoms with Crippen molar-refractivity contribution in [3.8, 4) is 17.0 Å². The van der Waals surface area contributed by atoms with E-state index in [0.29, 0.717) is 16.3 Å². The molecular weight excluding hydrogens is 363 g/mol.